The van der Waals surface area contributed by atoms with Gasteiger partial charge in [-0.2, -0.15) is 17.5 Å². The molecule has 1 aliphatic heterocycles. The molecule has 11 nitrogen and oxygen atoms in total. The zero-order valence-electron chi connectivity index (χ0n) is 21.0. The predicted octanol–water partition coefficient (Wildman–Crippen LogP) is 1.85. The van der Waals surface area contributed by atoms with Gasteiger partial charge in [0.05, 0.1) is 22.8 Å². The van der Waals surface area contributed by atoms with Crippen LogP contribution >= 0.6 is 0 Å². The Morgan fingerprint density at radius 2 is 1.78 bits per heavy atom. The third kappa shape index (κ3) is 6.61. The number of benzene rings is 1. The van der Waals surface area contributed by atoms with E-state index >= 15 is 0 Å². The number of alkyl halides is 4. The number of carbonyl (C=O) groups is 1. The smallest absolute Gasteiger partial charge is 0.510 e. The van der Waals surface area contributed by atoms with Crippen LogP contribution in [0.1, 0.15) is 24.7 Å². The monoisotopic (exact) mass is 601 g/mol. The van der Waals surface area contributed by atoms with Gasteiger partial charge in [0, 0.05) is 36.5 Å². The van der Waals surface area contributed by atoms with Crippen LogP contribution < -0.4 is 9.97 Å². The minimum Gasteiger partial charge on any atom is -0.510 e. The molecule has 0 aliphatic carbocycles. The molecule has 2 aromatic heterocycles. The maximum Gasteiger partial charge on any atom is 0.707 e. The summed E-state index contributed by atoms with van der Waals surface area (Å²) in [5.41, 5.74) is 0.122. The molecule has 1 amide bonds. The molecule has 3 atom stereocenters. The minimum absolute atomic E-state index is 0.0292. The molecule has 0 saturated carbocycles. The number of nitrogens with one attached hydrogen (secondary N) is 1. The second-order valence-corrected chi connectivity index (χ2v) is 10.8. The van der Waals surface area contributed by atoms with Crippen molar-refractivity contribution in [2.45, 2.75) is 49.2 Å². The maximum atomic E-state index is 14.7. The Hall–Kier alpha value is -3.74. The van der Waals surface area contributed by atoms with Gasteiger partial charge in [-0.25, -0.2) is 27.2 Å². The third-order valence-corrected chi connectivity index (χ3v) is 8.22. The summed E-state index contributed by atoms with van der Waals surface area (Å²) in [6.45, 7) is 0.860. The zero-order valence-corrected chi connectivity index (χ0v) is 21.8. The highest BCUT2D eigenvalue weighted by Crippen LogP contribution is 2.34. The van der Waals surface area contributed by atoms with Crippen molar-refractivity contribution in [2.75, 3.05) is 0 Å². The van der Waals surface area contributed by atoms with Crippen LogP contribution in [0.25, 0.3) is 11.3 Å². The first kappa shape index (κ1) is 30.2. The van der Waals surface area contributed by atoms with Crippen LogP contribution in [0, 0.1) is 5.82 Å². The van der Waals surface area contributed by atoms with Crippen molar-refractivity contribution in [1.82, 2.24) is 24.6 Å². The third-order valence-electron chi connectivity index (χ3n) is 6.21. The van der Waals surface area contributed by atoms with Gasteiger partial charge in [-0.3, -0.25) is 9.78 Å². The molecule has 3 N–H and O–H groups in total. The highest BCUT2D eigenvalue weighted by Gasteiger charge is 2.49. The van der Waals surface area contributed by atoms with Crippen LogP contribution in [0.2, 0.25) is 0 Å². The molecule has 1 aliphatic rings. The first-order valence-corrected chi connectivity index (χ1v) is 13.2. The van der Waals surface area contributed by atoms with Crippen molar-refractivity contribution in [2.24, 2.45) is 0 Å². The molecule has 0 radical (unpaired) electrons. The topological polar surface area (TPSA) is 155 Å². The second kappa shape index (κ2) is 11.6. The van der Waals surface area contributed by atoms with Gasteiger partial charge in [-0.15, -0.1) is 0 Å². The van der Waals surface area contributed by atoms with E-state index in [1.54, 1.807) is 0 Å². The summed E-state index contributed by atoms with van der Waals surface area (Å²) < 4.78 is 98.5. The summed E-state index contributed by atoms with van der Waals surface area (Å²) >= 11 is 0. The molecule has 4 rings (SSSR count). The van der Waals surface area contributed by atoms with E-state index in [0.29, 0.717) is 4.31 Å². The Labute approximate surface area is 230 Å². The summed E-state index contributed by atoms with van der Waals surface area (Å²) in [4.78, 5) is 23.3. The van der Waals surface area contributed by atoms with E-state index < -0.39 is 72.3 Å². The number of hydrogen-bond acceptors (Lipinski definition) is 9. The number of pyridine rings is 1. The van der Waals surface area contributed by atoms with Crippen LogP contribution in [-0.4, -0.2) is 69.2 Å². The molecule has 0 bridgehead atoms. The number of sulfonamides is 1. The quantitative estimate of drug-likeness (QED) is 0.259. The van der Waals surface area contributed by atoms with Crippen molar-refractivity contribution in [3.8, 4) is 17.0 Å². The number of halogens is 5. The lowest BCUT2D eigenvalue weighted by molar-refractivity contribution is -0.145. The zero-order chi connectivity index (χ0) is 30.1. The van der Waals surface area contributed by atoms with E-state index in [9.17, 15) is 45.2 Å². The van der Waals surface area contributed by atoms with Gasteiger partial charge < -0.3 is 20.0 Å². The fourth-order valence-corrected chi connectivity index (χ4v) is 6.01. The molecular formula is C23H21BF5N5O6S. The van der Waals surface area contributed by atoms with Gasteiger partial charge >= 0.3 is 13.5 Å². The van der Waals surface area contributed by atoms with Crippen molar-refractivity contribution >= 4 is 23.3 Å². The number of carbonyl (C=O) groups excluding carboxylic acids is 1. The Morgan fingerprint density at radius 3 is 2.37 bits per heavy atom. The minimum atomic E-state index is -4.77. The lowest BCUT2D eigenvalue weighted by Crippen LogP contribution is -2.48. The van der Waals surface area contributed by atoms with Crippen molar-refractivity contribution < 1.29 is 49.9 Å². The molecule has 18 heteroatoms. The molecule has 1 saturated heterocycles. The summed E-state index contributed by atoms with van der Waals surface area (Å²) in [7, 11) is -6.72. The van der Waals surface area contributed by atoms with E-state index in [1.807, 2.05) is 0 Å². The van der Waals surface area contributed by atoms with Crippen LogP contribution in [0.15, 0.2) is 53.8 Å². The molecule has 41 heavy (non-hydrogen) atoms. The number of nitrogens with zero attached hydrogens (tertiary/aromatic N) is 4. The van der Waals surface area contributed by atoms with Crippen LogP contribution in [0.4, 0.5) is 22.0 Å². The Kier molecular flexibility index (Phi) is 8.58. The SMILES string of the molecule is C[C@H]1[C@H](F)C[C@@H](C(=O)NCc2cc(-c3cnc(C(F)(F)F)nc3)ncc2OB(O)O)N1S(=O)(=O)c1ccc(F)cc1. The summed E-state index contributed by atoms with van der Waals surface area (Å²) in [6.07, 6.45) is -4.21. The Balaban J connectivity index is 1.59. The standard InChI is InChI=1S/C23H21BF5N5O6S/c1-12-17(26)7-19(34(12)41(38,39)16-4-2-15(25)3-5-16)21(35)31-8-13-6-18(30-11-20(13)40-24(36)37)14-9-32-22(33-10-14)23(27,28)29/h2-6,9-12,17,19,36-37H,7-8H2,1H3,(H,31,35)/t12-,17+,19-/m0/s1. The fourth-order valence-electron chi connectivity index (χ4n) is 4.20. The number of aromatic nitrogens is 3. The average Bonchev–Trinajstić information content (AvgIpc) is 3.22. The average molecular weight is 601 g/mol. The number of rotatable bonds is 8. The highest BCUT2D eigenvalue weighted by atomic mass is 32.2. The Morgan fingerprint density at radius 1 is 1.15 bits per heavy atom. The molecule has 3 heterocycles. The number of hydrogen-bond donors (Lipinski definition) is 3. The van der Waals surface area contributed by atoms with E-state index in [2.05, 4.69) is 20.3 Å². The lowest BCUT2D eigenvalue weighted by Gasteiger charge is -2.27. The van der Waals surface area contributed by atoms with Crippen molar-refractivity contribution in [3.05, 3.63) is 66.1 Å². The summed E-state index contributed by atoms with van der Waals surface area (Å²) in [5, 5.41) is 20.9. The summed E-state index contributed by atoms with van der Waals surface area (Å²) in [6, 6.07) is 2.33. The highest BCUT2D eigenvalue weighted by molar-refractivity contribution is 7.89. The van der Waals surface area contributed by atoms with Gasteiger partial charge in [-0.05, 0) is 37.3 Å². The van der Waals surface area contributed by atoms with E-state index in [4.69, 9.17) is 4.65 Å². The normalized spacial score (nSPS) is 19.7. The molecule has 1 fully saturated rings. The Bertz CT molecular complexity index is 1510. The largest absolute Gasteiger partial charge is 0.707 e. The molecule has 1 aromatic carbocycles. The lowest BCUT2D eigenvalue weighted by atomic mass is 10.1. The van der Waals surface area contributed by atoms with E-state index in [0.717, 1.165) is 42.9 Å². The van der Waals surface area contributed by atoms with Crippen LogP contribution in [0.3, 0.4) is 0 Å². The maximum absolute atomic E-state index is 14.7. The molecule has 218 valence electrons. The van der Waals surface area contributed by atoms with Crippen LogP contribution in [-0.2, 0) is 27.5 Å². The van der Waals surface area contributed by atoms with Crippen LogP contribution in [0.5, 0.6) is 5.75 Å². The predicted molar refractivity (Wildman–Crippen MR) is 131 cm³/mol. The molecule has 0 spiro atoms. The number of amides is 1. The molecular weight excluding hydrogens is 580 g/mol. The molecule has 0 unspecified atom stereocenters. The van der Waals surface area contributed by atoms with E-state index in [-0.39, 0.29) is 27.5 Å². The van der Waals surface area contributed by atoms with Gasteiger partial charge in [-0.1, -0.05) is 0 Å². The van der Waals surface area contributed by atoms with Gasteiger partial charge in [0.1, 0.15) is 23.8 Å². The van der Waals surface area contributed by atoms with Crippen molar-refractivity contribution in [1.29, 1.82) is 0 Å². The van der Waals surface area contributed by atoms with Gasteiger partial charge in [0.15, 0.2) is 0 Å². The second-order valence-electron chi connectivity index (χ2n) is 8.93. The van der Waals surface area contributed by atoms with E-state index in [1.165, 1.54) is 13.0 Å². The van der Waals surface area contributed by atoms with Gasteiger partial charge in [0.2, 0.25) is 21.8 Å². The molecule has 3 aromatic rings. The first-order valence-electron chi connectivity index (χ1n) is 11.8. The van der Waals surface area contributed by atoms with Gasteiger partial charge in [0.25, 0.3) is 0 Å². The summed E-state index contributed by atoms with van der Waals surface area (Å²) in [5.74, 6) is -3.22. The van der Waals surface area contributed by atoms with Crippen molar-refractivity contribution in [3.63, 3.8) is 0 Å². The first-order chi connectivity index (χ1) is 19.2. The fraction of sp³-hybridized carbons (Fsp3) is 0.304.